The number of thioether (sulfide) groups is 1. The van der Waals surface area contributed by atoms with Gasteiger partial charge in [-0.25, -0.2) is 9.37 Å². The number of pyridine rings is 1. The van der Waals surface area contributed by atoms with E-state index in [1.165, 1.54) is 30.0 Å². The number of primary amides is 1. The van der Waals surface area contributed by atoms with E-state index >= 15 is 0 Å². The highest BCUT2D eigenvalue weighted by molar-refractivity contribution is 7.98. The molecule has 0 radical (unpaired) electrons. The van der Waals surface area contributed by atoms with E-state index in [1.54, 1.807) is 24.3 Å². The topological polar surface area (TPSA) is 130 Å². The molecule has 0 spiro atoms. The van der Waals surface area contributed by atoms with Crippen molar-refractivity contribution < 1.29 is 9.18 Å². The van der Waals surface area contributed by atoms with Crippen LogP contribution in [0.4, 0.5) is 10.2 Å². The van der Waals surface area contributed by atoms with E-state index in [9.17, 15) is 19.7 Å². The van der Waals surface area contributed by atoms with Crippen LogP contribution >= 0.6 is 11.8 Å². The normalized spacial score (nSPS) is 10.2. The lowest BCUT2D eigenvalue weighted by molar-refractivity contribution is 0.1000. The fraction of sp³-hybridized carbons (Fsp3) is 0.0476. The van der Waals surface area contributed by atoms with Crippen molar-refractivity contribution in [1.29, 1.82) is 10.5 Å². The van der Waals surface area contributed by atoms with Gasteiger partial charge in [0.05, 0.1) is 5.56 Å². The van der Waals surface area contributed by atoms with Gasteiger partial charge in [-0.05, 0) is 35.4 Å². The fourth-order valence-corrected chi connectivity index (χ4v) is 3.74. The van der Waals surface area contributed by atoms with Crippen molar-refractivity contribution in [3.05, 3.63) is 76.6 Å². The molecule has 2 aromatic carbocycles. The van der Waals surface area contributed by atoms with E-state index < -0.39 is 11.7 Å². The highest BCUT2D eigenvalue weighted by Gasteiger charge is 2.21. The van der Waals surface area contributed by atoms with Gasteiger partial charge in [-0.3, -0.25) is 4.79 Å². The van der Waals surface area contributed by atoms with Gasteiger partial charge in [0, 0.05) is 16.9 Å². The minimum Gasteiger partial charge on any atom is -0.383 e. The summed E-state index contributed by atoms with van der Waals surface area (Å²) in [6.07, 6.45) is 0. The maximum absolute atomic E-state index is 13.7. The molecule has 0 aliphatic rings. The molecule has 3 rings (SSSR count). The summed E-state index contributed by atoms with van der Waals surface area (Å²) in [5.74, 6) is -0.692. The lowest BCUT2D eigenvalue weighted by Gasteiger charge is -2.13. The first kappa shape index (κ1) is 19.9. The predicted molar refractivity (Wildman–Crippen MR) is 108 cm³/mol. The molecular formula is C21H14FN5OS. The average Bonchev–Trinajstić information content (AvgIpc) is 2.71. The van der Waals surface area contributed by atoms with Crippen LogP contribution in [0, 0.1) is 28.5 Å². The number of hydrogen-bond donors (Lipinski definition) is 2. The fourth-order valence-electron chi connectivity index (χ4n) is 2.80. The number of nitrogens with two attached hydrogens (primary N) is 2. The van der Waals surface area contributed by atoms with E-state index in [4.69, 9.17) is 11.5 Å². The lowest BCUT2D eigenvalue weighted by Crippen LogP contribution is -2.10. The predicted octanol–water partition coefficient (Wildman–Crippen LogP) is 3.60. The molecule has 4 N–H and O–H groups in total. The van der Waals surface area contributed by atoms with Crippen LogP contribution in [0.1, 0.15) is 27.0 Å². The zero-order valence-electron chi connectivity index (χ0n) is 15.0. The Morgan fingerprint density at radius 3 is 2.48 bits per heavy atom. The highest BCUT2D eigenvalue weighted by Crippen LogP contribution is 2.36. The van der Waals surface area contributed by atoms with E-state index in [2.05, 4.69) is 11.1 Å². The van der Waals surface area contributed by atoms with Crippen LogP contribution in [0.3, 0.4) is 0 Å². The Balaban J connectivity index is 2.07. The Labute approximate surface area is 170 Å². The standard InChI is InChI=1S/C21H14FN5OS/c22-15-6-2-4-13(8-15)18-16(9-23)19(25)27-21(17(18)10-24)29-11-12-3-1-5-14(7-12)20(26)28/h1-8H,11H2,(H2,25,27)(H2,26,28). The summed E-state index contributed by atoms with van der Waals surface area (Å²) in [7, 11) is 0. The molecule has 142 valence electrons. The molecule has 0 unspecified atom stereocenters. The number of hydrogen-bond acceptors (Lipinski definition) is 6. The molecule has 0 aliphatic carbocycles. The molecule has 1 amide bonds. The van der Waals surface area contributed by atoms with E-state index in [0.717, 1.165) is 5.56 Å². The van der Waals surface area contributed by atoms with Crippen molar-refractivity contribution in [3.63, 3.8) is 0 Å². The number of aromatic nitrogens is 1. The number of anilines is 1. The van der Waals surface area contributed by atoms with Crippen molar-refractivity contribution in [2.45, 2.75) is 10.8 Å². The van der Waals surface area contributed by atoms with Crippen LogP contribution in [0.15, 0.2) is 53.6 Å². The van der Waals surface area contributed by atoms with Crippen molar-refractivity contribution in [2.24, 2.45) is 5.73 Å². The van der Waals surface area contributed by atoms with Crippen LogP contribution in [0.2, 0.25) is 0 Å². The average molecular weight is 403 g/mol. The Morgan fingerprint density at radius 1 is 1.10 bits per heavy atom. The number of amides is 1. The number of benzene rings is 2. The van der Waals surface area contributed by atoms with Gasteiger partial charge in [0.1, 0.15) is 34.4 Å². The molecular weight excluding hydrogens is 389 g/mol. The Morgan fingerprint density at radius 2 is 1.83 bits per heavy atom. The van der Waals surface area contributed by atoms with E-state index in [1.807, 2.05) is 12.1 Å². The third-order valence-corrected chi connectivity index (χ3v) is 5.16. The van der Waals surface area contributed by atoms with Crippen LogP contribution in [0.5, 0.6) is 0 Å². The van der Waals surface area contributed by atoms with Crippen molar-refractivity contribution in [2.75, 3.05) is 5.73 Å². The summed E-state index contributed by atoms with van der Waals surface area (Å²) in [5.41, 5.74) is 13.2. The number of nitrogens with zero attached hydrogens (tertiary/aromatic N) is 3. The molecule has 0 fully saturated rings. The monoisotopic (exact) mass is 403 g/mol. The van der Waals surface area contributed by atoms with Crippen molar-refractivity contribution in [1.82, 2.24) is 4.98 Å². The summed E-state index contributed by atoms with van der Waals surface area (Å²) in [6, 6.07) is 16.4. The van der Waals surface area contributed by atoms with Gasteiger partial charge in [0.2, 0.25) is 5.91 Å². The van der Waals surface area contributed by atoms with Crippen molar-refractivity contribution in [3.8, 4) is 23.3 Å². The number of carbonyl (C=O) groups is 1. The molecule has 0 bridgehead atoms. The quantitative estimate of drug-likeness (QED) is 0.626. The molecule has 29 heavy (non-hydrogen) atoms. The minimum absolute atomic E-state index is 0.0206. The summed E-state index contributed by atoms with van der Waals surface area (Å²) < 4.78 is 13.7. The van der Waals surface area contributed by atoms with E-state index in [-0.39, 0.29) is 22.5 Å². The SMILES string of the molecule is N#Cc1c(N)nc(SCc2cccc(C(N)=O)c2)c(C#N)c1-c1cccc(F)c1. The van der Waals surface area contributed by atoms with Crippen LogP contribution in [0.25, 0.3) is 11.1 Å². The van der Waals surface area contributed by atoms with Gasteiger partial charge in [0.15, 0.2) is 0 Å². The Kier molecular flexibility index (Phi) is 5.77. The lowest BCUT2D eigenvalue weighted by atomic mass is 9.97. The Hall–Kier alpha value is -3.88. The molecule has 1 aromatic heterocycles. The second-order valence-electron chi connectivity index (χ2n) is 6.01. The summed E-state index contributed by atoms with van der Waals surface area (Å²) in [5, 5.41) is 19.6. The zero-order chi connectivity index (χ0) is 21.0. The molecule has 0 saturated heterocycles. The van der Waals surface area contributed by atoms with Gasteiger partial charge in [-0.1, -0.05) is 24.3 Å². The Bertz CT molecular complexity index is 1200. The molecule has 0 atom stereocenters. The third-order valence-electron chi connectivity index (χ3n) is 4.12. The first-order valence-electron chi connectivity index (χ1n) is 8.35. The second-order valence-corrected chi connectivity index (χ2v) is 6.98. The largest absolute Gasteiger partial charge is 0.383 e. The molecule has 6 nitrogen and oxygen atoms in total. The summed E-state index contributed by atoms with van der Waals surface area (Å²) in [4.78, 5) is 15.6. The molecule has 1 heterocycles. The number of halogens is 1. The number of carbonyl (C=O) groups excluding carboxylic acids is 1. The summed E-state index contributed by atoms with van der Waals surface area (Å²) >= 11 is 1.22. The molecule has 0 saturated carbocycles. The third kappa shape index (κ3) is 4.18. The van der Waals surface area contributed by atoms with Crippen LogP contribution in [-0.2, 0) is 5.75 Å². The van der Waals surface area contributed by atoms with Gasteiger partial charge in [-0.15, -0.1) is 11.8 Å². The molecule has 8 heteroatoms. The zero-order valence-corrected chi connectivity index (χ0v) is 15.8. The number of nitriles is 2. The minimum atomic E-state index is -0.538. The highest BCUT2D eigenvalue weighted by atomic mass is 32.2. The molecule has 0 aliphatic heterocycles. The first-order chi connectivity index (χ1) is 13.9. The van der Waals surface area contributed by atoms with Gasteiger partial charge in [-0.2, -0.15) is 10.5 Å². The van der Waals surface area contributed by atoms with Crippen molar-refractivity contribution >= 4 is 23.5 Å². The smallest absolute Gasteiger partial charge is 0.248 e. The summed E-state index contributed by atoms with van der Waals surface area (Å²) in [6.45, 7) is 0. The van der Waals surface area contributed by atoms with Gasteiger partial charge >= 0.3 is 0 Å². The first-order valence-corrected chi connectivity index (χ1v) is 9.34. The van der Waals surface area contributed by atoms with Crippen LogP contribution in [-0.4, -0.2) is 10.9 Å². The second kappa shape index (κ2) is 8.42. The van der Waals surface area contributed by atoms with Crippen LogP contribution < -0.4 is 11.5 Å². The maximum atomic E-state index is 13.7. The van der Waals surface area contributed by atoms with E-state index in [0.29, 0.717) is 21.9 Å². The van der Waals surface area contributed by atoms with Gasteiger partial charge < -0.3 is 11.5 Å². The van der Waals surface area contributed by atoms with Gasteiger partial charge in [0.25, 0.3) is 0 Å². The maximum Gasteiger partial charge on any atom is 0.248 e. The molecule has 3 aromatic rings. The number of nitrogen functional groups attached to an aromatic ring is 1. The number of rotatable bonds is 5.